The Morgan fingerprint density at radius 2 is 0.558 bits per heavy atom. The Bertz CT molecular complexity index is 3920. The second-order valence-electron chi connectivity index (χ2n) is 41.4. The summed E-state index contributed by atoms with van der Waals surface area (Å²) in [5.41, 5.74) is 6.52. The summed E-state index contributed by atoms with van der Waals surface area (Å²) in [7, 11) is 1.67. The van der Waals surface area contributed by atoms with Crippen LogP contribution < -0.4 is 0 Å². The normalized spacial score (nSPS) is 80.5. The molecule has 0 bridgehead atoms. The van der Waals surface area contributed by atoms with Crippen molar-refractivity contribution in [1.29, 1.82) is 0 Å². The first-order valence-corrected chi connectivity index (χ1v) is 38.7. The monoisotopic (exact) mass is 1120 g/mol. The predicted molar refractivity (Wildman–Crippen MR) is 311 cm³/mol. The van der Waals surface area contributed by atoms with Crippen LogP contribution in [0.4, 0.5) is 0 Å². The molecule has 3 heteroatoms. The van der Waals surface area contributed by atoms with Gasteiger partial charge in [0, 0.05) is 18.6 Å². The molecule has 0 radical (unpaired) electrons. The summed E-state index contributed by atoms with van der Waals surface area (Å²) in [5, 5.41) is 0. The lowest BCUT2D eigenvalue weighted by molar-refractivity contribution is -0.264. The standard InChI is InChI=1S/C83H81NO2/c1-86-81(85)22-14-8-13-21(15-22)16-82-75-67-58-51-38-31-25-26-28-24-23-27(25)36(38)42-40-29(23)33-30(24)41-43-37(28)39-32(26)35-34(31)45-53-46(35)55-52(39)59-57(43)61-48(41)50-44(33)49-47(40)60(56(42)58)71(75)73-62(49)63(50)74-72(61)76-68(59)65(55)70-66(53)69(64(67)54(45)51)77(82)79(70)83(76,80(74)78(73)82)84(17-19-9-4-2-5-10-19)18-20-11-6-3-7-12-20/h2-15,23-80H,16-18H2,1H3. The lowest BCUT2D eigenvalue weighted by Gasteiger charge is -2.74. The highest BCUT2D eigenvalue weighted by Gasteiger charge is 3.05. The molecular formula is C83H81NO2. The van der Waals surface area contributed by atoms with Gasteiger partial charge in [0.25, 0.3) is 0 Å². The molecule has 0 aliphatic heterocycles. The van der Waals surface area contributed by atoms with Crippen molar-refractivity contribution < 1.29 is 9.53 Å². The maximum absolute atomic E-state index is 14.2. The number of ether oxygens (including phenoxy) is 1. The minimum atomic E-state index is -0.0783. The molecule has 0 spiro atoms. The molecule has 32 aliphatic carbocycles. The third kappa shape index (κ3) is 2.95. The first-order valence-electron chi connectivity index (χ1n) is 38.7. The Morgan fingerprint density at radius 1 is 0.302 bits per heavy atom. The van der Waals surface area contributed by atoms with Crippen molar-refractivity contribution in [3.63, 3.8) is 0 Å². The first-order chi connectivity index (χ1) is 42.7. The fourth-order valence-electron chi connectivity index (χ4n) is 50.7. The van der Waals surface area contributed by atoms with Crippen LogP contribution in [0.3, 0.4) is 0 Å². The van der Waals surface area contributed by atoms with Gasteiger partial charge in [0.05, 0.1) is 12.7 Å². The van der Waals surface area contributed by atoms with E-state index in [4.69, 9.17) is 4.74 Å². The topological polar surface area (TPSA) is 29.5 Å². The van der Waals surface area contributed by atoms with Gasteiger partial charge in [0.15, 0.2) is 0 Å². The third-order valence-corrected chi connectivity index (χ3v) is 45.3. The van der Waals surface area contributed by atoms with Crippen molar-refractivity contribution in [2.75, 3.05) is 7.11 Å². The number of hydrogen-bond donors (Lipinski definition) is 0. The molecule has 0 amide bonds. The summed E-state index contributed by atoms with van der Waals surface area (Å²) in [6.07, 6.45) is 1.35. The second-order valence-corrected chi connectivity index (χ2v) is 41.4. The number of hydrogen-bond acceptors (Lipinski definition) is 3. The highest BCUT2D eigenvalue weighted by molar-refractivity contribution is 5.89. The largest absolute Gasteiger partial charge is 0.465 e. The van der Waals surface area contributed by atoms with E-state index >= 15 is 0 Å². The zero-order valence-electron chi connectivity index (χ0n) is 49.5. The molecule has 3 aromatic rings. The predicted octanol–water partition coefficient (Wildman–Crippen LogP) is 11.6. The van der Waals surface area contributed by atoms with Crippen molar-refractivity contribution in [3.8, 4) is 0 Å². The van der Waals surface area contributed by atoms with Crippen molar-refractivity contribution in [2.45, 2.75) is 25.0 Å². The van der Waals surface area contributed by atoms with Gasteiger partial charge in [-0.2, -0.15) is 0 Å². The van der Waals surface area contributed by atoms with Crippen LogP contribution in [-0.2, 0) is 24.2 Å². The van der Waals surface area contributed by atoms with Gasteiger partial charge in [-0.1, -0.05) is 72.8 Å². The molecular weight excluding hydrogens is 1040 g/mol. The molecule has 60 atom stereocenters. The molecule has 32 fully saturated rings. The van der Waals surface area contributed by atoms with Crippen LogP contribution >= 0.6 is 0 Å². The summed E-state index contributed by atoms with van der Waals surface area (Å²) < 4.78 is 5.76. The van der Waals surface area contributed by atoms with Crippen LogP contribution in [0.25, 0.3) is 0 Å². The van der Waals surface area contributed by atoms with Gasteiger partial charge in [0.2, 0.25) is 0 Å². The van der Waals surface area contributed by atoms with Crippen LogP contribution in [0.1, 0.15) is 27.0 Å². The van der Waals surface area contributed by atoms with Gasteiger partial charge in [-0.15, -0.1) is 0 Å². The van der Waals surface area contributed by atoms with Crippen LogP contribution in [-0.4, -0.2) is 23.5 Å². The maximum Gasteiger partial charge on any atom is 0.337 e. The number of carbonyl (C=O) groups excluding carboxylic acids is 1. The van der Waals surface area contributed by atoms with E-state index in [0.717, 1.165) is 225 Å². The summed E-state index contributed by atoms with van der Waals surface area (Å²) in [6.45, 7) is 2.41. The number of methoxy groups -OCH3 is 1. The molecule has 32 saturated carbocycles. The number of nitrogens with zero attached hydrogens (tertiary/aromatic N) is 1. The number of carbonyl (C=O) groups is 1. The zero-order valence-corrected chi connectivity index (χ0v) is 49.5. The molecule has 60 unspecified atom stereocenters. The summed E-state index contributed by atoms with van der Waals surface area (Å²) in [6, 6.07) is 35.0. The Morgan fingerprint density at radius 3 is 0.919 bits per heavy atom. The van der Waals surface area contributed by atoms with Gasteiger partial charge in [-0.05, 0) is 384 Å². The quantitative estimate of drug-likeness (QED) is 0.211. The SMILES string of the molecule is COC(=O)c1cccc(CC23C4C5C6C7C8C9C%10C%11C%12C%13C%14C%10C%10C%15C9C9C7C5C5C7C9C%15C9C%15C%10C%14C%10C%14C%13C%13C%12C%12C(C%118)C6C6C%12C8C%13C%11C%14C%12C%10C%15C%10C9C7C(C52)C2(N(Cc5ccccc5)Cc5ccccc5)C%10C%12C5C%11C8C(C64)C3C52)c1. The molecule has 430 valence electrons. The zero-order chi connectivity index (χ0) is 52.7. The van der Waals surface area contributed by atoms with E-state index in [1.165, 1.54) is 144 Å². The molecule has 3 aromatic carbocycles. The van der Waals surface area contributed by atoms with E-state index < -0.39 is 0 Å². The van der Waals surface area contributed by atoms with E-state index in [1.807, 2.05) is 0 Å². The Labute approximate surface area is 505 Å². The van der Waals surface area contributed by atoms with E-state index in [9.17, 15) is 4.79 Å². The Hall–Kier alpha value is -2.91. The van der Waals surface area contributed by atoms with Crippen molar-refractivity contribution >= 4 is 5.97 Å². The number of rotatable bonds is 8. The molecule has 86 heavy (non-hydrogen) atoms. The molecule has 0 saturated heterocycles. The fourth-order valence-corrected chi connectivity index (χ4v) is 50.7. The highest BCUT2D eigenvalue weighted by atomic mass is 16.5. The van der Waals surface area contributed by atoms with Crippen molar-refractivity contribution in [1.82, 2.24) is 4.90 Å². The van der Waals surface area contributed by atoms with Gasteiger partial charge < -0.3 is 4.74 Å². The van der Waals surface area contributed by atoms with Crippen LogP contribution in [0.2, 0.25) is 0 Å². The Kier molecular flexibility index (Phi) is 5.43. The van der Waals surface area contributed by atoms with Gasteiger partial charge in [-0.3, -0.25) is 4.90 Å². The summed E-state index contributed by atoms with van der Waals surface area (Å²) >= 11 is 0. The van der Waals surface area contributed by atoms with E-state index in [-0.39, 0.29) is 5.97 Å². The van der Waals surface area contributed by atoms with Crippen LogP contribution in [0, 0.1) is 349 Å². The van der Waals surface area contributed by atoms with E-state index in [1.54, 1.807) is 23.8 Å². The Balaban J connectivity index is 0.788. The van der Waals surface area contributed by atoms with Crippen molar-refractivity contribution in [3.05, 3.63) is 107 Å². The molecule has 0 N–H and O–H groups in total. The second kappa shape index (κ2) is 11.2. The first kappa shape index (κ1) is 41.5. The van der Waals surface area contributed by atoms with Gasteiger partial charge >= 0.3 is 5.97 Å². The lowest BCUT2D eigenvalue weighted by atomic mass is 9.33. The molecule has 35 rings (SSSR count). The smallest absolute Gasteiger partial charge is 0.337 e. The summed E-state index contributed by atoms with van der Waals surface area (Å²) in [4.78, 5) is 17.8. The fraction of sp³-hybridized carbons (Fsp3) is 0.771. The lowest BCUT2D eigenvalue weighted by Crippen LogP contribution is -2.77. The number of benzene rings is 3. The van der Waals surface area contributed by atoms with E-state index in [0.29, 0.717) is 11.0 Å². The molecule has 0 aromatic heterocycles. The average molecular weight is 1120 g/mol. The highest BCUT2D eigenvalue weighted by Crippen LogP contribution is 3.07. The van der Waals surface area contributed by atoms with E-state index in [2.05, 4.69) is 89.8 Å². The van der Waals surface area contributed by atoms with Gasteiger partial charge in [0.1, 0.15) is 0 Å². The minimum Gasteiger partial charge on any atom is -0.465 e. The molecule has 32 aliphatic rings. The van der Waals surface area contributed by atoms with Crippen LogP contribution in [0.5, 0.6) is 0 Å². The van der Waals surface area contributed by atoms with Gasteiger partial charge in [-0.25, -0.2) is 4.79 Å². The molecule has 0 heterocycles. The molecule has 3 nitrogen and oxygen atoms in total. The summed E-state index contributed by atoms with van der Waals surface area (Å²) in [5.74, 6) is 64.6. The van der Waals surface area contributed by atoms with Crippen LogP contribution in [0.15, 0.2) is 84.9 Å². The third-order valence-electron chi connectivity index (χ3n) is 45.3. The maximum atomic E-state index is 14.2. The van der Waals surface area contributed by atoms with Crippen molar-refractivity contribution in [2.24, 2.45) is 349 Å². The minimum absolute atomic E-state index is 0.0783. The number of esters is 1. The average Bonchev–Trinajstić information content (AvgIpc) is 1.38.